The first kappa shape index (κ1) is 16.6. The number of carbonyl (C=O) groups is 1. The summed E-state index contributed by atoms with van der Waals surface area (Å²) in [6, 6.07) is 0. The van der Waals surface area contributed by atoms with Gasteiger partial charge in [0.05, 0.1) is 25.7 Å². The Hall–Kier alpha value is -0.393. The molecule has 0 aromatic rings. The van der Waals surface area contributed by atoms with Crippen LogP contribution in [0.5, 0.6) is 0 Å². The summed E-state index contributed by atoms with van der Waals surface area (Å²) in [6.45, 7) is 12.5. The van der Waals surface area contributed by atoms with Crippen molar-refractivity contribution < 1.29 is 19.1 Å². The predicted molar refractivity (Wildman–Crippen MR) is 70.4 cm³/mol. The standard InChI is InChI=1S/C12H26O4Si/c1-7-15-11(14)8-10(9-13)16-17(5,6)12(2,3)4/h10,13H,7-9H2,1-6H3/t10-/m1/s1. The number of hydrogen-bond donors (Lipinski definition) is 1. The summed E-state index contributed by atoms with van der Waals surface area (Å²) in [4.78, 5) is 11.3. The average Bonchev–Trinajstić information content (AvgIpc) is 2.14. The maximum absolute atomic E-state index is 11.3. The molecule has 0 heterocycles. The lowest BCUT2D eigenvalue weighted by atomic mass is 10.2. The third kappa shape index (κ3) is 5.65. The second-order valence-corrected chi connectivity index (χ2v) is 10.4. The average molecular weight is 262 g/mol. The van der Waals surface area contributed by atoms with Crippen molar-refractivity contribution >= 4 is 14.3 Å². The van der Waals surface area contributed by atoms with Crippen molar-refractivity contribution in [2.24, 2.45) is 0 Å². The van der Waals surface area contributed by atoms with E-state index in [1.807, 2.05) is 0 Å². The van der Waals surface area contributed by atoms with Crippen LogP contribution in [-0.4, -0.2) is 38.7 Å². The van der Waals surface area contributed by atoms with Gasteiger partial charge in [-0.1, -0.05) is 20.8 Å². The first-order valence-electron chi connectivity index (χ1n) is 6.08. The lowest BCUT2D eigenvalue weighted by molar-refractivity contribution is -0.145. The zero-order valence-corrected chi connectivity index (χ0v) is 12.9. The maximum atomic E-state index is 11.3. The van der Waals surface area contributed by atoms with E-state index in [0.29, 0.717) is 6.61 Å². The number of esters is 1. The second-order valence-electron chi connectivity index (χ2n) is 5.69. The van der Waals surface area contributed by atoms with Gasteiger partial charge in [-0.15, -0.1) is 0 Å². The lowest BCUT2D eigenvalue weighted by Gasteiger charge is -2.38. The summed E-state index contributed by atoms with van der Waals surface area (Å²) in [5.41, 5.74) is 0. The maximum Gasteiger partial charge on any atom is 0.308 e. The number of aliphatic hydroxyl groups is 1. The second kappa shape index (κ2) is 6.52. The quantitative estimate of drug-likeness (QED) is 0.589. The molecular formula is C12H26O4Si. The topological polar surface area (TPSA) is 55.8 Å². The zero-order valence-electron chi connectivity index (χ0n) is 11.9. The summed E-state index contributed by atoms with van der Waals surface area (Å²) < 4.78 is 10.8. The van der Waals surface area contributed by atoms with Crippen LogP contribution in [0, 0.1) is 0 Å². The molecule has 5 heteroatoms. The fourth-order valence-corrected chi connectivity index (χ4v) is 2.49. The minimum Gasteiger partial charge on any atom is -0.466 e. The first-order valence-corrected chi connectivity index (χ1v) is 8.99. The van der Waals surface area contributed by atoms with Crippen LogP contribution in [0.4, 0.5) is 0 Å². The normalized spacial score (nSPS) is 14.5. The minimum absolute atomic E-state index is 0.0646. The molecular weight excluding hydrogens is 236 g/mol. The van der Waals surface area contributed by atoms with Gasteiger partial charge in [-0.2, -0.15) is 0 Å². The van der Waals surface area contributed by atoms with Crippen molar-refractivity contribution in [2.75, 3.05) is 13.2 Å². The van der Waals surface area contributed by atoms with Crippen LogP contribution in [0.15, 0.2) is 0 Å². The first-order chi connectivity index (χ1) is 7.64. The molecule has 0 aromatic heterocycles. The van der Waals surface area contributed by atoms with Crippen LogP contribution in [0.3, 0.4) is 0 Å². The third-order valence-electron chi connectivity index (χ3n) is 3.17. The van der Waals surface area contributed by atoms with Crippen LogP contribution in [-0.2, 0) is 14.0 Å². The highest BCUT2D eigenvalue weighted by molar-refractivity contribution is 6.74. The summed E-state index contributed by atoms with van der Waals surface area (Å²) in [7, 11) is -1.95. The van der Waals surface area contributed by atoms with E-state index < -0.39 is 14.4 Å². The van der Waals surface area contributed by atoms with Crippen molar-refractivity contribution in [3.63, 3.8) is 0 Å². The number of hydrogen-bond acceptors (Lipinski definition) is 4. The molecule has 17 heavy (non-hydrogen) atoms. The van der Waals surface area contributed by atoms with E-state index in [-0.39, 0.29) is 24.0 Å². The molecule has 4 nitrogen and oxygen atoms in total. The van der Waals surface area contributed by atoms with Gasteiger partial charge in [0.25, 0.3) is 0 Å². The smallest absolute Gasteiger partial charge is 0.308 e. The van der Waals surface area contributed by atoms with Crippen molar-refractivity contribution in [2.45, 2.75) is 58.4 Å². The molecule has 1 N–H and O–H groups in total. The van der Waals surface area contributed by atoms with Gasteiger partial charge in [0, 0.05) is 0 Å². The minimum atomic E-state index is -1.95. The Morgan fingerprint density at radius 1 is 1.35 bits per heavy atom. The van der Waals surface area contributed by atoms with E-state index >= 15 is 0 Å². The van der Waals surface area contributed by atoms with Crippen molar-refractivity contribution in [3.05, 3.63) is 0 Å². The van der Waals surface area contributed by atoms with Crippen molar-refractivity contribution in [1.82, 2.24) is 0 Å². The molecule has 0 spiro atoms. The summed E-state index contributed by atoms with van der Waals surface area (Å²) in [5.74, 6) is -0.315. The number of aliphatic hydroxyl groups excluding tert-OH is 1. The highest BCUT2D eigenvalue weighted by Gasteiger charge is 2.39. The molecule has 0 saturated carbocycles. The van der Waals surface area contributed by atoms with Crippen LogP contribution in [0.1, 0.15) is 34.1 Å². The Bertz CT molecular complexity index is 245. The van der Waals surface area contributed by atoms with Gasteiger partial charge in [-0.05, 0) is 25.1 Å². The number of carbonyl (C=O) groups excluding carboxylic acids is 1. The van der Waals surface area contributed by atoms with Gasteiger partial charge in [0.1, 0.15) is 0 Å². The van der Waals surface area contributed by atoms with Gasteiger partial charge >= 0.3 is 5.97 Å². The SMILES string of the molecule is CCOC(=O)C[C@H](CO)O[Si](C)(C)C(C)(C)C. The van der Waals surface area contributed by atoms with E-state index in [1.165, 1.54) is 0 Å². The van der Waals surface area contributed by atoms with Gasteiger partial charge in [0.15, 0.2) is 8.32 Å². The number of rotatable bonds is 6. The Morgan fingerprint density at radius 3 is 2.24 bits per heavy atom. The Labute approximate surface area is 105 Å². The largest absolute Gasteiger partial charge is 0.466 e. The third-order valence-corrected chi connectivity index (χ3v) is 7.71. The number of ether oxygens (including phenoxy) is 1. The van der Waals surface area contributed by atoms with Gasteiger partial charge in [0.2, 0.25) is 0 Å². The van der Waals surface area contributed by atoms with Crippen molar-refractivity contribution in [1.29, 1.82) is 0 Å². The van der Waals surface area contributed by atoms with E-state index in [0.717, 1.165) is 0 Å². The molecule has 0 amide bonds. The summed E-state index contributed by atoms with van der Waals surface area (Å²) >= 11 is 0. The summed E-state index contributed by atoms with van der Waals surface area (Å²) in [5, 5.41) is 9.33. The molecule has 1 atom stereocenters. The van der Waals surface area contributed by atoms with Gasteiger partial charge in [-0.25, -0.2) is 0 Å². The molecule has 0 aliphatic heterocycles. The molecule has 0 fully saturated rings. The Balaban J connectivity index is 4.45. The molecule has 102 valence electrons. The van der Waals surface area contributed by atoms with E-state index in [9.17, 15) is 9.90 Å². The molecule has 0 saturated heterocycles. The molecule has 0 unspecified atom stereocenters. The molecule has 0 rings (SSSR count). The monoisotopic (exact) mass is 262 g/mol. The van der Waals surface area contributed by atoms with Crippen LogP contribution in [0.25, 0.3) is 0 Å². The van der Waals surface area contributed by atoms with E-state index in [4.69, 9.17) is 9.16 Å². The zero-order chi connectivity index (χ0) is 13.7. The highest BCUT2D eigenvalue weighted by atomic mass is 28.4. The van der Waals surface area contributed by atoms with Crippen LogP contribution >= 0.6 is 0 Å². The molecule has 0 radical (unpaired) electrons. The fraction of sp³-hybridized carbons (Fsp3) is 0.917. The van der Waals surface area contributed by atoms with Crippen molar-refractivity contribution in [3.8, 4) is 0 Å². The highest BCUT2D eigenvalue weighted by Crippen LogP contribution is 2.37. The predicted octanol–water partition coefficient (Wildman–Crippen LogP) is 2.32. The fourth-order valence-electron chi connectivity index (χ4n) is 1.14. The lowest BCUT2D eigenvalue weighted by Crippen LogP contribution is -2.45. The molecule has 0 aliphatic rings. The van der Waals surface area contributed by atoms with Crippen LogP contribution < -0.4 is 0 Å². The van der Waals surface area contributed by atoms with Crippen LogP contribution in [0.2, 0.25) is 18.1 Å². The summed E-state index contributed by atoms with van der Waals surface area (Å²) in [6.07, 6.45) is -0.327. The molecule has 0 aromatic carbocycles. The van der Waals surface area contributed by atoms with E-state index in [2.05, 4.69) is 33.9 Å². The van der Waals surface area contributed by atoms with E-state index in [1.54, 1.807) is 6.92 Å². The van der Waals surface area contributed by atoms with Gasteiger partial charge < -0.3 is 14.3 Å². The Morgan fingerprint density at radius 2 is 1.88 bits per heavy atom. The Kier molecular flexibility index (Phi) is 6.36. The van der Waals surface area contributed by atoms with Gasteiger partial charge in [-0.3, -0.25) is 4.79 Å². The molecule has 0 aliphatic carbocycles. The molecule has 0 bridgehead atoms.